The molecule has 0 heterocycles. The van der Waals surface area contributed by atoms with Crippen molar-refractivity contribution in [2.45, 2.75) is 0 Å². The lowest BCUT2D eigenvalue weighted by Crippen LogP contribution is -2.28. The van der Waals surface area contributed by atoms with Gasteiger partial charge in [-0.05, 0) is 0 Å². The Bertz CT molecular complexity index is 133. The first-order valence-electron chi connectivity index (χ1n) is 2.72. The van der Waals surface area contributed by atoms with Crippen LogP contribution in [0.2, 0.25) is 0 Å². The third-order valence-corrected chi connectivity index (χ3v) is 0.693. The van der Waals surface area contributed by atoms with Crippen LogP contribution in [0.1, 0.15) is 0 Å². The maximum absolute atomic E-state index is 10.6. The number of amides is 1. The molecular weight excluding hydrogens is 134 g/mol. The number of hydrogen-bond donors (Lipinski definition) is 1. The lowest BCUT2D eigenvalue weighted by atomic mass is 10.9. The summed E-state index contributed by atoms with van der Waals surface area (Å²) in [5.41, 5.74) is 2.23. The van der Waals surface area contributed by atoms with Gasteiger partial charge in [0.05, 0.1) is 0 Å². The van der Waals surface area contributed by atoms with Gasteiger partial charge in [0.25, 0.3) is 0 Å². The molecule has 0 aliphatic carbocycles. The van der Waals surface area contributed by atoms with E-state index in [0.717, 1.165) is 0 Å². The predicted molar refractivity (Wildman–Crippen MR) is 37.7 cm³/mol. The maximum atomic E-state index is 10.6. The minimum absolute atomic E-state index is 0.458. The summed E-state index contributed by atoms with van der Waals surface area (Å²) in [7, 11) is 4.75. The molecule has 0 fully saturated rings. The van der Waals surface area contributed by atoms with Crippen LogP contribution in [0.4, 0.5) is 4.79 Å². The van der Waals surface area contributed by atoms with Gasteiger partial charge >= 0.3 is 6.09 Å². The van der Waals surface area contributed by atoms with Crippen molar-refractivity contribution < 1.29 is 9.63 Å². The quantitative estimate of drug-likeness (QED) is 0.334. The molecule has 5 nitrogen and oxygen atoms in total. The van der Waals surface area contributed by atoms with Crippen LogP contribution in [-0.4, -0.2) is 38.5 Å². The third kappa shape index (κ3) is 3.71. The molecule has 0 aromatic rings. The van der Waals surface area contributed by atoms with Crippen LogP contribution < -0.4 is 5.48 Å². The highest BCUT2D eigenvalue weighted by Gasteiger charge is 2.01. The Labute approximate surface area is 59.6 Å². The smallest absolute Gasteiger partial charge is 0.323 e. The average Bonchev–Trinajstić information content (AvgIpc) is 1.88. The number of aliphatic imine (C=N–C) groups is 1. The number of nitrogens with zero attached hydrogens (tertiary/aromatic N) is 2. The fourth-order valence-corrected chi connectivity index (χ4v) is 0.221. The Morgan fingerprint density at radius 3 is 2.70 bits per heavy atom. The standard InChI is InChI=1S/C5H11N3O2/c1-6-4-7-10-5(9)8(2)3/h4H,1-3H3,(H,6,7). The summed E-state index contributed by atoms with van der Waals surface area (Å²) in [6.07, 6.45) is 0.821. The molecule has 1 amide bonds. The van der Waals surface area contributed by atoms with E-state index < -0.39 is 6.09 Å². The normalized spacial score (nSPS) is 9.50. The SMILES string of the molecule is CN=CNOC(=O)N(C)C. The van der Waals surface area contributed by atoms with Crippen molar-refractivity contribution in [1.82, 2.24) is 10.4 Å². The number of carbonyl (C=O) groups excluding carboxylic acids is 1. The zero-order chi connectivity index (χ0) is 7.98. The monoisotopic (exact) mass is 145 g/mol. The van der Waals surface area contributed by atoms with E-state index in [1.165, 1.54) is 11.2 Å². The second kappa shape index (κ2) is 4.60. The molecule has 0 aromatic heterocycles. The van der Waals surface area contributed by atoms with E-state index in [-0.39, 0.29) is 0 Å². The summed E-state index contributed by atoms with van der Waals surface area (Å²) in [4.78, 5) is 19.9. The summed E-state index contributed by atoms with van der Waals surface area (Å²) < 4.78 is 0. The lowest BCUT2D eigenvalue weighted by molar-refractivity contribution is 0.0956. The number of rotatable bonds is 2. The highest BCUT2D eigenvalue weighted by atomic mass is 16.7. The molecule has 58 valence electrons. The van der Waals surface area contributed by atoms with E-state index in [2.05, 4.69) is 15.3 Å². The Morgan fingerprint density at radius 1 is 1.70 bits per heavy atom. The summed E-state index contributed by atoms with van der Waals surface area (Å²) in [6, 6.07) is 0. The van der Waals surface area contributed by atoms with Crippen LogP contribution in [0.15, 0.2) is 4.99 Å². The molecular formula is C5H11N3O2. The van der Waals surface area contributed by atoms with E-state index in [9.17, 15) is 4.79 Å². The third-order valence-electron chi connectivity index (χ3n) is 0.693. The van der Waals surface area contributed by atoms with Crippen LogP contribution >= 0.6 is 0 Å². The number of nitrogens with one attached hydrogen (secondary N) is 1. The fraction of sp³-hybridized carbons (Fsp3) is 0.600. The van der Waals surface area contributed by atoms with Crippen LogP contribution in [0.5, 0.6) is 0 Å². The molecule has 5 heteroatoms. The Hall–Kier alpha value is -1.26. The zero-order valence-electron chi connectivity index (χ0n) is 6.29. The van der Waals surface area contributed by atoms with Gasteiger partial charge in [0, 0.05) is 21.1 Å². The van der Waals surface area contributed by atoms with Crippen LogP contribution in [0.3, 0.4) is 0 Å². The van der Waals surface area contributed by atoms with Gasteiger partial charge in [-0.15, -0.1) is 0 Å². The largest absolute Gasteiger partial charge is 0.433 e. The molecule has 10 heavy (non-hydrogen) atoms. The van der Waals surface area contributed by atoms with Crippen molar-refractivity contribution in [3.05, 3.63) is 0 Å². The van der Waals surface area contributed by atoms with E-state index in [0.29, 0.717) is 0 Å². The van der Waals surface area contributed by atoms with E-state index in [1.54, 1.807) is 21.1 Å². The topological polar surface area (TPSA) is 53.9 Å². The Morgan fingerprint density at radius 2 is 2.30 bits per heavy atom. The second-order valence-corrected chi connectivity index (χ2v) is 1.77. The first kappa shape index (κ1) is 8.74. The van der Waals surface area contributed by atoms with E-state index >= 15 is 0 Å². The van der Waals surface area contributed by atoms with Crippen molar-refractivity contribution in [3.63, 3.8) is 0 Å². The number of hydrogen-bond acceptors (Lipinski definition) is 3. The highest BCUT2D eigenvalue weighted by Crippen LogP contribution is 1.79. The summed E-state index contributed by atoms with van der Waals surface area (Å²) >= 11 is 0. The molecule has 0 aromatic carbocycles. The van der Waals surface area contributed by atoms with Crippen molar-refractivity contribution in [3.8, 4) is 0 Å². The first-order chi connectivity index (χ1) is 4.68. The van der Waals surface area contributed by atoms with Crippen LogP contribution in [0.25, 0.3) is 0 Å². The Kier molecular flexibility index (Phi) is 4.02. The lowest BCUT2D eigenvalue weighted by Gasteiger charge is -2.08. The van der Waals surface area contributed by atoms with E-state index in [1.807, 2.05) is 0 Å². The van der Waals surface area contributed by atoms with Crippen molar-refractivity contribution in [2.24, 2.45) is 4.99 Å². The second-order valence-electron chi connectivity index (χ2n) is 1.77. The number of carbonyl (C=O) groups is 1. The van der Waals surface area contributed by atoms with Gasteiger partial charge in [0.1, 0.15) is 6.34 Å². The van der Waals surface area contributed by atoms with Crippen molar-refractivity contribution >= 4 is 12.4 Å². The molecule has 0 saturated heterocycles. The van der Waals surface area contributed by atoms with Gasteiger partial charge in [-0.2, -0.15) is 0 Å². The zero-order valence-corrected chi connectivity index (χ0v) is 6.29. The van der Waals surface area contributed by atoms with Gasteiger partial charge in [0.15, 0.2) is 0 Å². The molecule has 1 N–H and O–H groups in total. The van der Waals surface area contributed by atoms with Crippen LogP contribution in [0, 0.1) is 0 Å². The molecule has 0 atom stereocenters. The average molecular weight is 145 g/mol. The summed E-state index contributed by atoms with van der Waals surface area (Å²) in [5.74, 6) is 0. The van der Waals surface area contributed by atoms with Gasteiger partial charge in [0.2, 0.25) is 0 Å². The van der Waals surface area contributed by atoms with Gasteiger partial charge in [-0.3, -0.25) is 4.99 Å². The van der Waals surface area contributed by atoms with Gasteiger partial charge in [-0.25, -0.2) is 10.3 Å². The van der Waals surface area contributed by atoms with Crippen molar-refractivity contribution in [2.75, 3.05) is 21.1 Å². The maximum Gasteiger partial charge on any atom is 0.433 e. The molecule has 0 saturated carbocycles. The van der Waals surface area contributed by atoms with E-state index in [4.69, 9.17) is 0 Å². The van der Waals surface area contributed by atoms with Gasteiger partial charge < -0.3 is 9.74 Å². The predicted octanol–water partition coefficient (Wildman–Crippen LogP) is -0.153. The number of hydroxylamine groups is 1. The van der Waals surface area contributed by atoms with Crippen LogP contribution in [-0.2, 0) is 4.84 Å². The molecule has 0 spiro atoms. The summed E-state index contributed by atoms with van der Waals surface area (Å²) in [5, 5.41) is 0. The summed E-state index contributed by atoms with van der Waals surface area (Å²) in [6.45, 7) is 0. The molecule has 0 radical (unpaired) electrons. The molecule has 0 bridgehead atoms. The Balaban J connectivity index is 3.40. The molecule has 0 rings (SSSR count). The minimum Gasteiger partial charge on any atom is -0.323 e. The van der Waals surface area contributed by atoms with Gasteiger partial charge in [-0.1, -0.05) is 0 Å². The fourth-order valence-electron chi connectivity index (χ4n) is 0.221. The highest BCUT2D eigenvalue weighted by molar-refractivity contribution is 5.68. The molecule has 0 aliphatic heterocycles. The molecule has 0 aliphatic rings. The van der Waals surface area contributed by atoms with Crippen molar-refractivity contribution in [1.29, 1.82) is 0 Å². The first-order valence-corrected chi connectivity index (χ1v) is 2.72. The molecule has 0 unspecified atom stereocenters. The minimum atomic E-state index is -0.458.